The molecule has 2 heterocycles. The molecule has 0 amide bonds. The zero-order chi connectivity index (χ0) is 15.6. The summed E-state index contributed by atoms with van der Waals surface area (Å²) >= 11 is 1.58. The van der Waals surface area contributed by atoms with Crippen molar-refractivity contribution in [1.29, 1.82) is 0 Å². The lowest BCUT2D eigenvalue weighted by molar-refractivity contribution is -0.00219. The molecule has 4 nitrogen and oxygen atoms in total. The number of halogens is 1. The smallest absolute Gasteiger partial charge is 0.205 e. The Morgan fingerprint density at radius 2 is 2.00 bits per heavy atom. The van der Waals surface area contributed by atoms with E-state index >= 15 is 0 Å². The van der Waals surface area contributed by atoms with Gasteiger partial charge in [-0.2, -0.15) is 0 Å². The summed E-state index contributed by atoms with van der Waals surface area (Å²) < 4.78 is 18.8. The fourth-order valence-corrected chi connectivity index (χ4v) is 3.94. The number of nitrogens with one attached hydrogen (secondary N) is 1. The fraction of sp³-hybridized carbons (Fsp3) is 0.529. The number of ether oxygens (including phenoxy) is 1. The van der Waals surface area contributed by atoms with Gasteiger partial charge < -0.3 is 10.1 Å². The van der Waals surface area contributed by atoms with Gasteiger partial charge >= 0.3 is 0 Å². The molecular weight excluding hydrogens is 313 g/mol. The summed E-state index contributed by atoms with van der Waals surface area (Å²) in [6.07, 6.45) is 5.84. The van der Waals surface area contributed by atoms with E-state index in [0.29, 0.717) is 18.6 Å². The van der Waals surface area contributed by atoms with Gasteiger partial charge in [0.15, 0.2) is 0 Å². The first kappa shape index (κ1) is 15.0. The quantitative estimate of drug-likeness (QED) is 0.907. The van der Waals surface area contributed by atoms with Crippen molar-refractivity contribution < 1.29 is 9.13 Å². The summed E-state index contributed by atoms with van der Waals surface area (Å²) in [6.45, 7) is 0.833. The standard InChI is InChI=1S/C17H20FN3OS/c18-13-5-1-11(2-6-13)9-16-20-21-17(23-16)19-14-7-8-22-15(10-14)12-3-4-12/h1-2,5-6,12,14-15H,3-4,7-10H2,(H,19,21). The largest absolute Gasteiger partial charge is 0.378 e. The monoisotopic (exact) mass is 333 g/mol. The number of anilines is 1. The number of benzene rings is 1. The zero-order valence-electron chi connectivity index (χ0n) is 12.9. The topological polar surface area (TPSA) is 47.0 Å². The van der Waals surface area contributed by atoms with Crippen LogP contribution in [-0.2, 0) is 11.2 Å². The second-order valence-electron chi connectivity index (χ2n) is 6.42. The maximum atomic E-state index is 12.9. The predicted octanol–water partition coefficient (Wildman–Crippen LogP) is 3.64. The summed E-state index contributed by atoms with van der Waals surface area (Å²) in [4.78, 5) is 0. The average Bonchev–Trinajstić information content (AvgIpc) is 3.32. The highest BCUT2D eigenvalue weighted by Gasteiger charge is 2.36. The lowest BCUT2D eigenvalue weighted by atomic mass is 10.0. The van der Waals surface area contributed by atoms with E-state index in [2.05, 4.69) is 15.5 Å². The molecule has 23 heavy (non-hydrogen) atoms. The molecule has 1 aliphatic heterocycles. The fourth-order valence-electron chi connectivity index (χ4n) is 3.09. The Morgan fingerprint density at radius 1 is 1.17 bits per heavy atom. The second kappa shape index (κ2) is 6.53. The minimum atomic E-state index is -0.210. The van der Waals surface area contributed by atoms with E-state index in [-0.39, 0.29) is 5.82 Å². The number of nitrogens with zero attached hydrogens (tertiary/aromatic N) is 2. The van der Waals surface area contributed by atoms with Gasteiger partial charge in [0, 0.05) is 19.1 Å². The van der Waals surface area contributed by atoms with E-state index in [1.165, 1.54) is 25.0 Å². The van der Waals surface area contributed by atoms with Crippen LogP contribution in [0.15, 0.2) is 24.3 Å². The minimum Gasteiger partial charge on any atom is -0.378 e. The number of rotatable bonds is 5. The van der Waals surface area contributed by atoms with Crippen molar-refractivity contribution in [3.05, 3.63) is 40.7 Å². The third-order valence-electron chi connectivity index (χ3n) is 4.53. The molecule has 1 saturated heterocycles. The molecule has 0 bridgehead atoms. The Labute approximate surface area is 139 Å². The lowest BCUT2D eigenvalue weighted by Gasteiger charge is -2.29. The molecule has 122 valence electrons. The molecule has 1 saturated carbocycles. The van der Waals surface area contributed by atoms with E-state index in [1.807, 2.05) is 0 Å². The van der Waals surface area contributed by atoms with Crippen molar-refractivity contribution in [2.24, 2.45) is 5.92 Å². The average molecular weight is 333 g/mol. The van der Waals surface area contributed by atoms with Crippen LogP contribution in [0, 0.1) is 11.7 Å². The highest BCUT2D eigenvalue weighted by molar-refractivity contribution is 7.15. The van der Waals surface area contributed by atoms with E-state index < -0.39 is 0 Å². The summed E-state index contributed by atoms with van der Waals surface area (Å²) in [6, 6.07) is 6.98. The van der Waals surface area contributed by atoms with Crippen molar-refractivity contribution in [3.8, 4) is 0 Å². The normalized spacial score (nSPS) is 24.6. The first-order valence-corrected chi connectivity index (χ1v) is 9.03. The van der Waals surface area contributed by atoms with Crippen LogP contribution in [0.3, 0.4) is 0 Å². The molecule has 1 aliphatic carbocycles. The molecule has 0 spiro atoms. The lowest BCUT2D eigenvalue weighted by Crippen LogP contribution is -2.35. The van der Waals surface area contributed by atoms with Gasteiger partial charge in [0.25, 0.3) is 0 Å². The number of hydrogen-bond acceptors (Lipinski definition) is 5. The Kier molecular flexibility index (Phi) is 4.27. The minimum absolute atomic E-state index is 0.210. The van der Waals surface area contributed by atoms with E-state index in [9.17, 15) is 4.39 Å². The van der Waals surface area contributed by atoms with Crippen LogP contribution in [0.5, 0.6) is 0 Å². The van der Waals surface area contributed by atoms with Crippen molar-refractivity contribution in [2.75, 3.05) is 11.9 Å². The van der Waals surface area contributed by atoms with Crippen LogP contribution in [0.2, 0.25) is 0 Å². The molecule has 2 atom stereocenters. The first-order valence-electron chi connectivity index (χ1n) is 8.21. The maximum absolute atomic E-state index is 12.9. The third kappa shape index (κ3) is 3.87. The molecule has 1 aromatic heterocycles. The van der Waals surface area contributed by atoms with Crippen LogP contribution in [0.4, 0.5) is 9.52 Å². The van der Waals surface area contributed by atoms with Crippen molar-refractivity contribution >= 4 is 16.5 Å². The van der Waals surface area contributed by atoms with Gasteiger partial charge in [-0.25, -0.2) is 4.39 Å². The molecule has 1 aromatic carbocycles. The van der Waals surface area contributed by atoms with Crippen LogP contribution in [0.25, 0.3) is 0 Å². The molecule has 1 N–H and O–H groups in total. The van der Waals surface area contributed by atoms with Crippen molar-refractivity contribution in [2.45, 2.75) is 44.2 Å². The van der Waals surface area contributed by atoms with Gasteiger partial charge in [-0.05, 0) is 49.3 Å². The molecule has 2 aliphatic rings. The summed E-state index contributed by atoms with van der Waals surface area (Å²) in [7, 11) is 0. The van der Waals surface area contributed by atoms with Crippen LogP contribution >= 0.6 is 11.3 Å². The molecule has 4 rings (SSSR count). The van der Waals surface area contributed by atoms with Gasteiger partial charge in [0.05, 0.1) is 6.10 Å². The van der Waals surface area contributed by atoms with Crippen LogP contribution < -0.4 is 5.32 Å². The number of hydrogen-bond donors (Lipinski definition) is 1. The molecule has 0 radical (unpaired) electrons. The second-order valence-corrected chi connectivity index (χ2v) is 7.48. The van der Waals surface area contributed by atoms with Crippen molar-refractivity contribution in [1.82, 2.24) is 10.2 Å². The Morgan fingerprint density at radius 3 is 2.78 bits per heavy atom. The van der Waals surface area contributed by atoms with Gasteiger partial charge in [0.2, 0.25) is 5.13 Å². The van der Waals surface area contributed by atoms with Crippen LogP contribution in [-0.4, -0.2) is 29.0 Å². The molecular formula is C17H20FN3OS. The SMILES string of the molecule is Fc1ccc(Cc2nnc(NC3CCOC(C4CC4)C3)s2)cc1. The van der Waals surface area contributed by atoms with Crippen LogP contribution in [0.1, 0.15) is 36.3 Å². The van der Waals surface area contributed by atoms with E-state index in [1.54, 1.807) is 23.5 Å². The summed E-state index contributed by atoms with van der Waals surface area (Å²) in [5, 5.41) is 13.8. The van der Waals surface area contributed by atoms with Crippen molar-refractivity contribution in [3.63, 3.8) is 0 Å². The van der Waals surface area contributed by atoms with E-state index in [0.717, 1.165) is 41.1 Å². The highest BCUT2D eigenvalue weighted by atomic mass is 32.1. The maximum Gasteiger partial charge on any atom is 0.205 e. The Bertz CT molecular complexity index is 656. The molecule has 2 unspecified atom stereocenters. The van der Waals surface area contributed by atoms with E-state index in [4.69, 9.17) is 4.74 Å². The Hall–Kier alpha value is -1.53. The zero-order valence-corrected chi connectivity index (χ0v) is 13.7. The summed E-state index contributed by atoms with van der Waals surface area (Å²) in [5.74, 6) is 0.571. The van der Waals surface area contributed by atoms with Gasteiger partial charge in [0.1, 0.15) is 10.8 Å². The molecule has 2 aromatic rings. The summed E-state index contributed by atoms with van der Waals surface area (Å²) in [5.41, 5.74) is 1.05. The molecule has 2 fully saturated rings. The first-order chi connectivity index (χ1) is 11.3. The highest BCUT2D eigenvalue weighted by Crippen LogP contribution is 2.38. The third-order valence-corrected chi connectivity index (χ3v) is 5.38. The predicted molar refractivity (Wildman–Crippen MR) is 88.2 cm³/mol. The van der Waals surface area contributed by atoms with Gasteiger partial charge in [-0.1, -0.05) is 23.5 Å². The van der Waals surface area contributed by atoms with Gasteiger partial charge in [-0.15, -0.1) is 10.2 Å². The van der Waals surface area contributed by atoms with Gasteiger partial charge in [-0.3, -0.25) is 0 Å². The Balaban J connectivity index is 1.35. The molecule has 6 heteroatoms. The number of aromatic nitrogens is 2.